The predicted octanol–water partition coefficient (Wildman–Crippen LogP) is 1.32. The topological polar surface area (TPSA) is 38.1 Å². The van der Waals surface area contributed by atoms with Crippen molar-refractivity contribution in [1.29, 1.82) is 0 Å². The van der Waals surface area contributed by atoms with E-state index >= 15 is 0 Å². The van der Waals surface area contributed by atoms with Crippen LogP contribution < -0.4 is 5.56 Å². The fourth-order valence-electron chi connectivity index (χ4n) is 2.44. The summed E-state index contributed by atoms with van der Waals surface area (Å²) < 4.78 is 1.28. The monoisotopic (exact) mass is 255 g/mol. The molecule has 0 saturated carbocycles. The number of aryl methyl sites for hydroxylation is 1. The van der Waals surface area contributed by atoms with Gasteiger partial charge in [-0.25, -0.2) is 4.68 Å². The SMILES string of the molecule is CN1CCC[C@@H](Cc2cnn(C)c(=O)c2Cl)C1. The third kappa shape index (κ3) is 2.87. The molecule has 0 aliphatic carbocycles. The highest BCUT2D eigenvalue weighted by Crippen LogP contribution is 2.21. The summed E-state index contributed by atoms with van der Waals surface area (Å²) in [7, 11) is 3.75. The van der Waals surface area contributed by atoms with Crippen molar-refractivity contribution in [1.82, 2.24) is 14.7 Å². The van der Waals surface area contributed by atoms with Crippen molar-refractivity contribution >= 4 is 11.6 Å². The third-order valence-corrected chi connectivity index (χ3v) is 3.79. The van der Waals surface area contributed by atoms with Crippen molar-refractivity contribution in [2.45, 2.75) is 19.3 Å². The number of rotatable bonds is 2. The molecule has 0 radical (unpaired) electrons. The summed E-state index contributed by atoms with van der Waals surface area (Å²) in [5.41, 5.74) is 0.684. The number of hydrogen-bond donors (Lipinski definition) is 0. The van der Waals surface area contributed by atoms with Crippen molar-refractivity contribution < 1.29 is 0 Å². The van der Waals surface area contributed by atoms with Crippen LogP contribution in [0.2, 0.25) is 5.02 Å². The van der Waals surface area contributed by atoms with Crippen LogP contribution in [0.1, 0.15) is 18.4 Å². The van der Waals surface area contributed by atoms with E-state index in [2.05, 4.69) is 17.0 Å². The quantitative estimate of drug-likeness (QED) is 0.800. The van der Waals surface area contributed by atoms with Crippen LogP contribution in [0.15, 0.2) is 11.0 Å². The molecule has 1 aromatic heterocycles. The van der Waals surface area contributed by atoms with Crippen molar-refractivity contribution in [2.24, 2.45) is 13.0 Å². The summed E-state index contributed by atoms with van der Waals surface area (Å²) in [6.07, 6.45) is 5.00. The first-order valence-corrected chi connectivity index (χ1v) is 6.35. The zero-order valence-electron chi connectivity index (χ0n) is 10.3. The molecule has 1 aliphatic rings. The molecule has 17 heavy (non-hydrogen) atoms. The highest BCUT2D eigenvalue weighted by Gasteiger charge is 2.19. The van der Waals surface area contributed by atoms with E-state index in [4.69, 9.17) is 11.6 Å². The van der Waals surface area contributed by atoms with Gasteiger partial charge >= 0.3 is 0 Å². The zero-order chi connectivity index (χ0) is 12.4. The average Bonchev–Trinajstić information content (AvgIpc) is 2.30. The van der Waals surface area contributed by atoms with Crippen molar-refractivity contribution in [2.75, 3.05) is 20.1 Å². The van der Waals surface area contributed by atoms with Gasteiger partial charge in [-0.2, -0.15) is 5.10 Å². The molecule has 2 heterocycles. The fraction of sp³-hybridized carbons (Fsp3) is 0.667. The van der Waals surface area contributed by atoms with Crippen LogP contribution in [-0.2, 0) is 13.5 Å². The Balaban J connectivity index is 2.13. The molecule has 0 amide bonds. The minimum absolute atomic E-state index is 0.201. The second-order valence-electron chi connectivity index (χ2n) is 4.89. The number of halogens is 1. The predicted molar refractivity (Wildman–Crippen MR) is 68.4 cm³/mol. The number of aromatic nitrogens is 2. The van der Waals surface area contributed by atoms with Gasteiger partial charge in [0, 0.05) is 13.6 Å². The van der Waals surface area contributed by atoms with Gasteiger partial charge in [0.1, 0.15) is 5.02 Å². The van der Waals surface area contributed by atoms with Crippen molar-refractivity contribution in [3.8, 4) is 0 Å². The maximum absolute atomic E-state index is 11.7. The Labute approximate surface area is 106 Å². The van der Waals surface area contributed by atoms with E-state index in [1.54, 1.807) is 13.2 Å². The van der Waals surface area contributed by atoms with E-state index in [1.807, 2.05) is 0 Å². The van der Waals surface area contributed by atoms with Crippen LogP contribution in [0, 0.1) is 5.92 Å². The number of nitrogens with zero attached hydrogens (tertiary/aromatic N) is 3. The lowest BCUT2D eigenvalue weighted by Gasteiger charge is -2.29. The second-order valence-corrected chi connectivity index (χ2v) is 5.27. The lowest BCUT2D eigenvalue weighted by atomic mass is 9.92. The van der Waals surface area contributed by atoms with Gasteiger partial charge < -0.3 is 4.90 Å². The molecule has 1 aromatic rings. The first-order chi connectivity index (χ1) is 8.08. The van der Waals surface area contributed by atoms with Gasteiger partial charge in [-0.15, -0.1) is 0 Å². The normalized spacial score (nSPS) is 21.7. The third-order valence-electron chi connectivity index (χ3n) is 3.38. The molecule has 5 heteroatoms. The molecule has 0 spiro atoms. The first-order valence-electron chi connectivity index (χ1n) is 5.97. The van der Waals surface area contributed by atoms with Gasteiger partial charge in [0.15, 0.2) is 0 Å². The summed E-state index contributed by atoms with van der Waals surface area (Å²) in [4.78, 5) is 14.0. The Kier molecular flexibility index (Phi) is 3.84. The Morgan fingerprint density at radius 1 is 1.53 bits per heavy atom. The summed E-state index contributed by atoms with van der Waals surface area (Å²) >= 11 is 6.07. The number of likely N-dealkylation sites (tertiary alicyclic amines) is 1. The molecule has 1 saturated heterocycles. The van der Waals surface area contributed by atoms with E-state index in [0.29, 0.717) is 10.9 Å². The van der Waals surface area contributed by atoms with Crippen LogP contribution >= 0.6 is 11.6 Å². The second kappa shape index (κ2) is 5.19. The molecular formula is C12H18ClN3O. The van der Waals surface area contributed by atoms with Gasteiger partial charge in [0.2, 0.25) is 0 Å². The Morgan fingerprint density at radius 3 is 3.00 bits per heavy atom. The summed E-state index contributed by atoms with van der Waals surface area (Å²) in [5, 5.41) is 4.36. The highest BCUT2D eigenvalue weighted by molar-refractivity contribution is 6.31. The molecule has 0 aromatic carbocycles. The maximum Gasteiger partial charge on any atom is 0.285 e. The first kappa shape index (κ1) is 12.6. The molecule has 0 bridgehead atoms. The Bertz CT molecular complexity index is 458. The molecule has 2 rings (SSSR count). The van der Waals surface area contributed by atoms with Crippen LogP contribution in [0.25, 0.3) is 0 Å². The van der Waals surface area contributed by atoms with Gasteiger partial charge in [0.05, 0.1) is 6.20 Å². The summed E-state index contributed by atoms with van der Waals surface area (Å²) in [6.45, 7) is 2.24. The van der Waals surface area contributed by atoms with Gasteiger partial charge in [0.25, 0.3) is 5.56 Å². The molecule has 94 valence electrons. The van der Waals surface area contributed by atoms with E-state index in [-0.39, 0.29) is 5.56 Å². The minimum Gasteiger partial charge on any atom is -0.306 e. The largest absolute Gasteiger partial charge is 0.306 e. The smallest absolute Gasteiger partial charge is 0.285 e. The molecule has 1 fully saturated rings. The van der Waals surface area contributed by atoms with E-state index in [9.17, 15) is 4.79 Å². The average molecular weight is 256 g/mol. The van der Waals surface area contributed by atoms with Gasteiger partial charge in [-0.3, -0.25) is 4.79 Å². The number of hydrogen-bond acceptors (Lipinski definition) is 3. The summed E-state index contributed by atoms with van der Waals surface area (Å²) in [5.74, 6) is 0.583. The number of piperidine rings is 1. The molecule has 4 nitrogen and oxygen atoms in total. The maximum atomic E-state index is 11.7. The van der Waals surface area contributed by atoms with Crippen LogP contribution in [0.4, 0.5) is 0 Å². The molecule has 0 unspecified atom stereocenters. The van der Waals surface area contributed by atoms with E-state index in [1.165, 1.54) is 24.1 Å². The van der Waals surface area contributed by atoms with Crippen LogP contribution in [0.3, 0.4) is 0 Å². The van der Waals surface area contributed by atoms with Crippen LogP contribution in [-0.4, -0.2) is 34.8 Å². The fourth-order valence-corrected chi connectivity index (χ4v) is 2.69. The van der Waals surface area contributed by atoms with E-state index < -0.39 is 0 Å². The Hall–Kier alpha value is -0.870. The zero-order valence-corrected chi connectivity index (χ0v) is 11.1. The molecular weight excluding hydrogens is 238 g/mol. The Morgan fingerprint density at radius 2 is 2.29 bits per heavy atom. The van der Waals surface area contributed by atoms with Crippen LogP contribution in [0.5, 0.6) is 0 Å². The van der Waals surface area contributed by atoms with E-state index in [0.717, 1.165) is 18.5 Å². The van der Waals surface area contributed by atoms with Gasteiger partial charge in [-0.05, 0) is 44.3 Å². The molecule has 1 atom stereocenters. The minimum atomic E-state index is -0.201. The van der Waals surface area contributed by atoms with Crippen molar-refractivity contribution in [3.05, 3.63) is 27.1 Å². The molecule has 0 N–H and O–H groups in total. The molecule has 1 aliphatic heterocycles. The lowest BCUT2D eigenvalue weighted by Crippen LogP contribution is -2.33. The lowest BCUT2D eigenvalue weighted by molar-refractivity contribution is 0.209. The standard InChI is InChI=1S/C12H18ClN3O/c1-15-5-3-4-9(8-15)6-10-7-14-16(2)12(17)11(10)13/h7,9H,3-6,8H2,1-2H3/t9-/m0/s1. The highest BCUT2D eigenvalue weighted by atomic mass is 35.5. The van der Waals surface area contributed by atoms with Crippen molar-refractivity contribution in [3.63, 3.8) is 0 Å². The summed E-state index contributed by atoms with van der Waals surface area (Å²) in [6, 6.07) is 0. The van der Waals surface area contributed by atoms with Gasteiger partial charge in [-0.1, -0.05) is 11.6 Å².